The maximum Gasteiger partial charge on any atom is 0.246 e. The van der Waals surface area contributed by atoms with Crippen molar-refractivity contribution in [3.63, 3.8) is 0 Å². The summed E-state index contributed by atoms with van der Waals surface area (Å²) in [4.78, 5) is -0.00558. The van der Waals surface area contributed by atoms with Crippen molar-refractivity contribution in [1.29, 1.82) is 0 Å². The van der Waals surface area contributed by atoms with Gasteiger partial charge in [0.05, 0.1) is 12.6 Å². The third kappa shape index (κ3) is 2.59. The van der Waals surface area contributed by atoms with Crippen LogP contribution in [0.15, 0.2) is 35.4 Å². The molecule has 0 saturated heterocycles. The molecule has 3 N–H and O–H groups in total. The average molecular weight is 308 g/mol. The van der Waals surface area contributed by atoms with Gasteiger partial charge < -0.3 is 10.5 Å². The molecule has 0 radical (unpaired) electrons. The third-order valence-corrected chi connectivity index (χ3v) is 4.86. The number of rotatable bonds is 3. The van der Waals surface area contributed by atoms with Crippen molar-refractivity contribution in [1.82, 2.24) is 14.5 Å². The number of para-hydroxylation sites is 1. The molecule has 0 saturated carbocycles. The minimum atomic E-state index is -3.73. The monoisotopic (exact) mass is 308 g/mol. The summed E-state index contributed by atoms with van der Waals surface area (Å²) in [6.45, 7) is 0.465. The number of aromatic nitrogens is 2. The zero-order valence-corrected chi connectivity index (χ0v) is 12.3. The number of hydrogen-bond donors (Lipinski definition) is 2. The zero-order chi connectivity index (χ0) is 15.0. The molecule has 1 atom stereocenters. The van der Waals surface area contributed by atoms with Gasteiger partial charge in [-0.25, -0.2) is 13.1 Å². The first-order valence-corrected chi connectivity index (χ1v) is 7.99. The van der Waals surface area contributed by atoms with Crippen molar-refractivity contribution >= 4 is 15.8 Å². The predicted octanol–water partition coefficient (Wildman–Crippen LogP) is 0.804. The summed E-state index contributed by atoms with van der Waals surface area (Å²) in [7, 11) is -2.10. The van der Waals surface area contributed by atoms with Crippen molar-refractivity contribution < 1.29 is 13.2 Å². The van der Waals surface area contributed by atoms with Crippen LogP contribution in [-0.4, -0.2) is 24.8 Å². The van der Waals surface area contributed by atoms with Crippen LogP contribution in [0.25, 0.3) is 0 Å². The second-order valence-corrected chi connectivity index (χ2v) is 6.58. The summed E-state index contributed by atoms with van der Waals surface area (Å²) in [6, 6.07) is 7.06. The lowest BCUT2D eigenvalue weighted by Gasteiger charge is -2.26. The van der Waals surface area contributed by atoms with E-state index in [4.69, 9.17) is 10.5 Å². The van der Waals surface area contributed by atoms with Crippen LogP contribution in [-0.2, 0) is 17.1 Å². The van der Waals surface area contributed by atoms with E-state index in [0.29, 0.717) is 18.8 Å². The second kappa shape index (κ2) is 5.05. The van der Waals surface area contributed by atoms with E-state index in [9.17, 15) is 8.42 Å². The molecule has 2 heterocycles. The number of anilines is 1. The smallest absolute Gasteiger partial charge is 0.246 e. The number of benzene rings is 1. The topological polar surface area (TPSA) is 99.2 Å². The highest BCUT2D eigenvalue weighted by molar-refractivity contribution is 7.89. The van der Waals surface area contributed by atoms with Gasteiger partial charge in [0.25, 0.3) is 0 Å². The molecule has 1 unspecified atom stereocenters. The summed E-state index contributed by atoms with van der Waals surface area (Å²) in [6.07, 6.45) is 1.96. The van der Waals surface area contributed by atoms with E-state index in [-0.39, 0.29) is 16.8 Å². The van der Waals surface area contributed by atoms with Crippen molar-refractivity contribution in [2.45, 2.75) is 17.4 Å². The third-order valence-electron chi connectivity index (χ3n) is 3.37. The fourth-order valence-corrected chi connectivity index (χ4v) is 3.76. The van der Waals surface area contributed by atoms with Crippen LogP contribution in [0, 0.1) is 0 Å². The lowest BCUT2D eigenvalue weighted by atomic mass is 10.0. The van der Waals surface area contributed by atoms with Crippen molar-refractivity contribution in [3.8, 4) is 5.75 Å². The van der Waals surface area contributed by atoms with Gasteiger partial charge in [-0.3, -0.25) is 4.68 Å². The lowest BCUT2D eigenvalue weighted by molar-refractivity contribution is 0.263. The molecule has 2 aromatic rings. The van der Waals surface area contributed by atoms with Gasteiger partial charge in [0, 0.05) is 25.2 Å². The molecule has 3 rings (SSSR count). The number of hydrogen-bond acceptors (Lipinski definition) is 5. The predicted molar refractivity (Wildman–Crippen MR) is 77.2 cm³/mol. The number of aryl methyl sites for hydroxylation is 1. The highest BCUT2D eigenvalue weighted by Gasteiger charge is 2.28. The Morgan fingerprint density at radius 3 is 2.90 bits per heavy atom. The maximum atomic E-state index is 12.5. The van der Waals surface area contributed by atoms with E-state index in [2.05, 4.69) is 9.82 Å². The molecule has 8 heteroatoms. The van der Waals surface area contributed by atoms with Crippen molar-refractivity contribution in [3.05, 3.63) is 36.0 Å². The quantitative estimate of drug-likeness (QED) is 0.874. The number of ether oxygens (including phenoxy) is 1. The average Bonchev–Trinajstić information content (AvgIpc) is 2.79. The van der Waals surface area contributed by atoms with Gasteiger partial charge in [-0.15, -0.1) is 0 Å². The molecule has 1 aromatic heterocycles. The normalized spacial score (nSPS) is 18.0. The largest absolute Gasteiger partial charge is 0.493 e. The van der Waals surface area contributed by atoms with E-state index in [1.165, 1.54) is 10.9 Å². The Balaban J connectivity index is 1.92. The summed E-state index contributed by atoms with van der Waals surface area (Å²) in [5.41, 5.74) is 6.48. The minimum absolute atomic E-state index is 0.00558. The number of sulfonamides is 1. The molecule has 0 amide bonds. The van der Waals surface area contributed by atoms with Gasteiger partial charge >= 0.3 is 0 Å². The van der Waals surface area contributed by atoms with Crippen LogP contribution in [0.1, 0.15) is 18.0 Å². The Hall–Kier alpha value is -2.06. The summed E-state index contributed by atoms with van der Waals surface area (Å²) >= 11 is 0. The first kappa shape index (κ1) is 13.9. The minimum Gasteiger partial charge on any atom is -0.493 e. The Kier molecular flexibility index (Phi) is 3.34. The Labute approximate surface area is 122 Å². The van der Waals surface area contributed by atoms with E-state index in [1.807, 2.05) is 24.3 Å². The fraction of sp³-hybridized carbons (Fsp3) is 0.308. The van der Waals surface area contributed by atoms with Crippen LogP contribution in [0.5, 0.6) is 5.75 Å². The van der Waals surface area contributed by atoms with Gasteiger partial charge in [-0.05, 0) is 6.07 Å². The molecular weight excluding hydrogens is 292 g/mol. The van der Waals surface area contributed by atoms with E-state index >= 15 is 0 Å². The SMILES string of the molecule is Cn1cc(S(=O)(=O)NC2CCOc3ccccc32)c(N)n1. The molecule has 21 heavy (non-hydrogen) atoms. The standard InChI is InChI=1S/C13H16N4O3S/c1-17-8-12(13(14)15-17)21(18,19)16-10-6-7-20-11-5-3-2-4-9(10)11/h2-5,8,10,16H,6-7H2,1H3,(H2,14,15). The molecule has 7 nitrogen and oxygen atoms in total. The molecular formula is C13H16N4O3S. The molecule has 0 aliphatic carbocycles. The fourth-order valence-electron chi connectivity index (χ4n) is 2.41. The Bertz CT molecular complexity index is 769. The van der Waals surface area contributed by atoms with Crippen LogP contribution in [0.4, 0.5) is 5.82 Å². The molecule has 1 aliphatic rings. The number of nitrogen functional groups attached to an aromatic ring is 1. The summed E-state index contributed by atoms with van der Waals surface area (Å²) in [5, 5.41) is 3.87. The van der Waals surface area contributed by atoms with Crippen LogP contribution in [0.3, 0.4) is 0 Å². The summed E-state index contributed by atoms with van der Waals surface area (Å²) < 4.78 is 34.5. The number of nitrogens with zero attached hydrogens (tertiary/aromatic N) is 2. The van der Waals surface area contributed by atoms with Gasteiger partial charge in [0.15, 0.2) is 5.82 Å². The molecule has 112 valence electrons. The van der Waals surface area contributed by atoms with Gasteiger partial charge in [-0.2, -0.15) is 5.10 Å². The highest BCUT2D eigenvalue weighted by Crippen LogP contribution is 2.32. The van der Waals surface area contributed by atoms with E-state index in [1.54, 1.807) is 7.05 Å². The molecule has 0 fully saturated rings. The molecule has 1 aliphatic heterocycles. The lowest BCUT2D eigenvalue weighted by Crippen LogP contribution is -2.32. The Morgan fingerprint density at radius 2 is 2.19 bits per heavy atom. The first-order chi connectivity index (χ1) is 9.97. The number of nitrogens with two attached hydrogens (primary N) is 1. The van der Waals surface area contributed by atoms with E-state index in [0.717, 1.165) is 5.56 Å². The second-order valence-electron chi connectivity index (χ2n) is 4.90. The van der Waals surface area contributed by atoms with Crippen LogP contribution >= 0.6 is 0 Å². The molecule has 0 spiro atoms. The highest BCUT2D eigenvalue weighted by atomic mass is 32.2. The number of nitrogens with one attached hydrogen (secondary N) is 1. The number of fused-ring (bicyclic) bond motifs is 1. The van der Waals surface area contributed by atoms with E-state index < -0.39 is 10.0 Å². The van der Waals surface area contributed by atoms with Crippen molar-refractivity contribution in [2.75, 3.05) is 12.3 Å². The molecule has 1 aromatic carbocycles. The van der Waals surface area contributed by atoms with Crippen LogP contribution in [0.2, 0.25) is 0 Å². The van der Waals surface area contributed by atoms with Gasteiger partial charge in [0.2, 0.25) is 10.0 Å². The zero-order valence-electron chi connectivity index (χ0n) is 11.5. The van der Waals surface area contributed by atoms with Gasteiger partial charge in [-0.1, -0.05) is 18.2 Å². The van der Waals surface area contributed by atoms with Crippen molar-refractivity contribution in [2.24, 2.45) is 7.05 Å². The summed E-state index contributed by atoms with van der Waals surface area (Å²) in [5.74, 6) is 0.695. The van der Waals surface area contributed by atoms with Gasteiger partial charge in [0.1, 0.15) is 10.6 Å². The maximum absolute atomic E-state index is 12.5. The Morgan fingerprint density at radius 1 is 1.43 bits per heavy atom. The molecule has 0 bridgehead atoms. The first-order valence-electron chi connectivity index (χ1n) is 6.50. The van der Waals surface area contributed by atoms with Crippen LogP contribution < -0.4 is 15.2 Å².